The van der Waals surface area contributed by atoms with Crippen molar-refractivity contribution in [1.82, 2.24) is 9.80 Å². The molecule has 0 radical (unpaired) electrons. The van der Waals surface area contributed by atoms with Crippen LogP contribution in [0.15, 0.2) is 78.9 Å². The molecule has 0 saturated carbocycles. The average Bonchev–Trinajstić information content (AvgIpc) is 2.92. The summed E-state index contributed by atoms with van der Waals surface area (Å²) in [6, 6.07) is 23.0. The summed E-state index contributed by atoms with van der Waals surface area (Å²) in [5, 5.41) is 10.1. The van der Waals surface area contributed by atoms with Crippen LogP contribution < -0.4 is 4.74 Å². The van der Waals surface area contributed by atoms with Gasteiger partial charge in [0.2, 0.25) is 5.91 Å². The van der Waals surface area contributed by atoms with Crippen LogP contribution in [-0.4, -0.2) is 65.6 Å². The van der Waals surface area contributed by atoms with Crippen LogP contribution in [0.5, 0.6) is 5.75 Å². The number of carboxylic acids is 1. The van der Waals surface area contributed by atoms with Crippen molar-refractivity contribution in [3.63, 3.8) is 0 Å². The molecule has 1 aliphatic rings. The highest BCUT2D eigenvalue weighted by Crippen LogP contribution is 2.33. The maximum atomic E-state index is 13.9. The fourth-order valence-electron chi connectivity index (χ4n) is 4.55. The Hall–Kier alpha value is -3.88. The van der Waals surface area contributed by atoms with E-state index >= 15 is 0 Å². The van der Waals surface area contributed by atoms with E-state index in [-0.39, 0.29) is 25.6 Å². The number of morpholine rings is 1. The van der Waals surface area contributed by atoms with Crippen LogP contribution in [0.1, 0.15) is 22.7 Å². The van der Waals surface area contributed by atoms with E-state index in [0.717, 1.165) is 11.1 Å². The summed E-state index contributed by atoms with van der Waals surface area (Å²) in [4.78, 5) is 41.5. The number of hydrogen-bond acceptors (Lipinski definition) is 5. The number of hydrogen-bond donors (Lipinski definition) is 1. The van der Waals surface area contributed by atoms with Crippen LogP contribution in [0, 0.1) is 0 Å². The van der Waals surface area contributed by atoms with E-state index in [1.54, 1.807) is 30.2 Å². The van der Waals surface area contributed by atoms with Crippen LogP contribution in [0.25, 0.3) is 0 Å². The SMILES string of the molecule is COc1ccc(CCN(CC(=O)O)C(=O)[C@@H]2OCC(=O)N(Cc3cccc(Cl)c3)[C@@H]2c2ccccc2)cc1. The first-order valence-electron chi connectivity index (χ1n) is 12.2. The maximum Gasteiger partial charge on any atom is 0.323 e. The van der Waals surface area contributed by atoms with Crippen molar-refractivity contribution in [2.75, 3.05) is 26.8 Å². The van der Waals surface area contributed by atoms with Crippen molar-refractivity contribution < 1.29 is 29.0 Å². The first-order chi connectivity index (χ1) is 18.4. The molecule has 0 spiro atoms. The quantitative estimate of drug-likeness (QED) is 0.421. The van der Waals surface area contributed by atoms with Crippen molar-refractivity contribution in [2.45, 2.75) is 25.1 Å². The highest BCUT2D eigenvalue weighted by molar-refractivity contribution is 6.30. The van der Waals surface area contributed by atoms with Crippen LogP contribution in [0.4, 0.5) is 0 Å². The minimum atomic E-state index is -1.13. The minimum Gasteiger partial charge on any atom is -0.497 e. The first kappa shape index (κ1) is 27.2. The van der Waals surface area contributed by atoms with Crippen molar-refractivity contribution in [3.05, 3.63) is 101 Å². The van der Waals surface area contributed by atoms with E-state index < -0.39 is 30.6 Å². The Labute approximate surface area is 226 Å². The molecule has 0 aliphatic carbocycles. The third kappa shape index (κ3) is 6.70. The molecule has 8 nitrogen and oxygen atoms in total. The van der Waals surface area contributed by atoms with Gasteiger partial charge in [-0.2, -0.15) is 0 Å². The largest absolute Gasteiger partial charge is 0.497 e. The molecule has 0 aromatic heterocycles. The normalized spacial score (nSPS) is 17.2. The summed E-state index contributed by atoms with van der Waals surface area (Å²) in [6.07, 6.45) is -0.638. The van der Waals surface area contributed by atoms with Crippen LogP contribution in [0.2, 0.25) is 5.02 Å². The van der Waals surface area contributed by atoms with E-state index in [0.29, 0.717) is 22.8 Å². The van der Waals surface area contributed by atoms with Gasteiger partial charge in [-0.15, -0.1) is 0 Å². The molecule has 1 heterocycles. The summed E-state index contributed by atoms with van der Waals surface area (Å²) in [7, 11) is 1.58. The lowest BCUT2D eigenvalue weighted by molar-refractivity contribution is -0.171. The molecule has 1 saturated heterocycles. The number of carbonyl (C=O) groups excluding carboxylic acids is 2. The van der Waals surface area contributed by atoms with Gasteiger partial charge in [0.25, 0.3) is 5.91 Å². The fraction of sp³-hybridized carbons (Fsp3) is 0.276. The lowest BCUT2D eigenvalue weighted by Crippen LogP contribution is -2.55. The van der Waals surface area contributed by atoms with Gasteiger partial charge in [-0.1, -0.05) is 66.2 Å². The minimum absolute atomic E-state index is 0.168. The van der Waals surface area contributed by atoms with E-state index in [1.807, 2.05) is 60.7 Å². The molecule has 1 N–H and O–H groups in total. The van der Waals surface area contributed by atoms with Gasteiger partial charge in [0.1, 0.15) is 18.9 Å². The smallest absolute Gasteiger partial charge is 0.323 e. The Morgan fingerprint density at radius 2 is 1.79 bits per heavy atom. The predicted octanol–water partition coefficient (Wildman–Crippen LogP) is 3.97. The average molecular weight is 537 g/mol. The third-order valence-electron chi connectivity index (χ3n) is 6.42. The number of benzene rings is 3. The van der Waals surface area contributed by atoms with Crippen LogP contribution in [-0.2, 0) is 32.1 Å². The van der Waals surface area contributed by atoms with Crippen LogP contribution >= 0.6 is 11.6 Å². The Balaban J connectivity index is 1.62. The molecule has 0 unspecified atom stereocenters. The molecule has 0 bridgehead atoms. The van der Waals surface area contributed by atoms with E-state index in [4.69, 9.17) is 21.1 Å². The molecule has 1 aliphatic heterocycles. The number of rotatable bonds is 10. The van der Waals surface area contributed by atoms with Gasteiger partial charge in [-0.3, -0.25) is 14.4 Å². The molecule has 9 heteroatoms. The topological polar surface area (TPSA) is 96.4 Å². The molecule has 2 amide bonds. The van der Waals surface area contributed by atoms with Gasteiger partial charge in [0, 0.05) is 18.1 Å². The number of halogens is 1. The summed E-state index contributed by atoms with van der Waals surface area (Å²) in [6.45, 7) is -0.393. The van der Waals surface area contributed by atoms with E-state index in [2.05, 4.69) is 0 Å². The zero-order valence-corrected chi connectivity index (χ0v) is 21.7. The highest BCUT2D eigenvalue weighted by atomic mass is 35.5. The van der Waals surface area contributed by atoms with Crippen molar-refractivity contribution >= 4 is 29.4 Å². The van der Waals surface area contributed by atoms with Gasteiger partial charge in [-0.25, -0.2) is 0 Å². The molecular weight excluding hydrogens is 508 g/mol. The van der Waals surface area contributed by atoms with E-state index in [1.165, 1.54) is 4.90 Å². The van der Waals surface area contributed by atoms with Gasteiger partial charge in [0.15, 0.2) is 6.10 Å². The van der Waals surface area contributed by atoms with Gasteiger partial charge in [-0.05, 0) is 47.4 Å². The Kier molecular flexibility index (Phi) is 8.99. The van der Waals surface area contributed by atoms with Crippen molar-refractivity contribution in [1.29, 1.82) is 0 Å². The monoisotopic (exact) mass is 536 g/mol. The predicted molar refractivity (Wildman–Crippen MR) is 142 cm³/mol. The fourth-order valence-corrected chi connectivity index (χ4v) is 4.76. The highest BCUT2D eigenvalue weighted by Gasteiger charge is 2.43. The second-order valence-corrected chi connectivity index (χ2v) is 9.43. The first-order valence-corrected chi connectivity index (χ1v) is 12.6. The molecule has 4 rings (SSSR count). The standard InChI is InChI=1S/C29H29ClN2O6/c1-37-24-12-10-20(11-13-24)14-15-31(18-26(34)35)29(36)28-27(22-7-3-2-4-8-22)32(25(33)19-38-28)17-21-6-5-9-23(30)16-21/h2-13,16,27-28H,14-15,17-19H2,1H3,(H,34,35)/t27-,28-/m1/s1. The number of amides is 2. The Bertz CT molecular complexity index is 1270. The third-order valence-corrected chi connectivity index (χ3v) is 6.66. The zero-order valence-electron chi connectivity index (χ0n) is 21.0. The second kappa shape index (κ2) is 12.6. The number of carbonyl (C=O) groups is 3. The molecule has 1 fully saturated rings. The number of methoxy groups -OCH3 is 1. The lowest BCUT2D eigenvalue weighted by Gasteiger charge is -2.42. The van der Waals surface area contributed by atoms with Gasteiger partial charge < -0.3 is 24.4 Å². The lowest BCUT2D eigenvalue weighted by atomic mass is 9.95. The van der Waals surface area contributed by atoms with Crippen molar-refractivity contribution in [3.8, 4) is 5.75 Å². The van der Waals surface area contributed by atoms with Gasteiger partial charge in [0.05, 0.1) is 13.2 Å². The molecule has 2 atom stereocenters. The summed E-state index contributed by atoms with van der Waals surface area (Å²) in [5.74, 6) is -1.19. The molecule has 3 aromatic carbocycles. The number of carboxylic acid groups (broad SMARTS) is 1. The maximum absolute atomic E-state index is 13.9. The molecule has 38 heavy (non-hydrogen) atoms. The summed E-state index contributed by atoms with van der Waals surface area (Å²) < 4.78 is 11.0. The van der Waals surface area contributed by atoms with Crippen LogP contribution in [0.3, 0.4) is 0 Å². The summed E-state index contributed by atoms with van der Waals surface area (Å²) in [5.41, 5.74) is 2.45. The number of ether oxygens (including phenoxy) is 2. The molecular formula is C29H29ClN2O6. The number of aliphatic carboxylic acids is 1. The summed E-state index contributed by atoms with van der Waals surface area (Å²) >= 11 is 6.17. The van der Waals surface area contributed by atoms with Crippen molar-refractivity contribution in [2.24, 2.45) is 0 Å². The Morgan fingerprint density at radius 1 is 1.05 bits per heavy atom. The second-order valence-electron chi connectivity index (χ2n) is 8.99. The van der Waals surface area contributed by atoms with Gasteiger partial charge >= 0.3 is 5.97 Å². The molecule has 3 aromatic rings. The van der Waals surface area contributed by atoms with E-state index in [9.17, 15) is 19.5 Å². The zero-order chi connectivity index (χ0) is 27.1. The molecule has 198 valence electrons. The Morgan fingerprint density at radius 3 is 2.45 bits per heavy atom. The number of nitrogens with zero attached hydrogens (tertiary/aromatic N) is 2.